The zero-order valence-electron chi connectivity index (χ0n) is 26.6. The van der Waals surface area contributed by atoms with Gasteiger partial charge in [0.2, 0.25) is 0 Å². The summed E-state index contributed by atoms with van der Waals surface area (Å²) >= 11 is 0. The molecule has 0 atom stereocenters. The fourth-order valence-corrected chi connectivity index (χ4v) is 7.37. The van der Waals surface area contributed by atoms with Gasteiger partial charge in [-0.1, -0.05) is 127 Å². The molecule has 0 radical (unpaired) electrons. The van der Waals surface area contributed by atoms with Crippen LogP contribution in [0.1, 0.15) is 18.4 Å². The number of hydrogen-bond donors (Lipinski definition) is 0. The number of nitrogens with zero attached hydrogens (tertiary/aromatic N) is 2. The molecule has 48 heavy (non-hydrogen) atoms. The molecule has 2 heteroatoms. The van der Waals surface area contributed by atoms with Crippen LogP contribution in [0.4, 0.5) is 11.4 Å². The van der Waals surface area contributed by atoms with E-state index in [1.807, 2.05) is 0 Å². The SMILES string of the molecule is C1=C(c2ccccc2)CCC=C1N(c1ccc(-c2ccccc2)cc1)c1ccc(-n2c3ccccc3c3c4ccccc4ccc32)cc1. The Morgan fingerprint density at radius 2 is 1.06 bits per heavy atom. The van der Waals surface area contributed by atoms with E-state index in [4.69, 9.17) is 0 Å². The summed E-state index contributed by atoms with van der Waals surface area (Å²) in [6, 6.07) is 61.4. The molecule has 1 aliphatic rings. The molecule has 1 aromatic heterocycles. The summed E-state index contributed by atoms with van der Waals surface area (Å²) in [5.74, 6) is 0. The van der Waals surface area contributed by atoms with Crippen LogP contribution in [0.3, 0.4) is 0 Å². The zero-order chi connectivity index (χ0) is 31.9. The van der Waals surface area contributed by atoms with Crippen LogP contribution in [0.15, 0.2) is 188 Å². The highest BCUT2D eigenvalue weighted by Crippen LogP contribution is 2.39. The van der Waals surface area contributed by atoms with E-state index in [1.165, 1.54) is 60.5 Å². The molecule has 8 aromatic rings. The van der Waals surface area contributed by atoms with Gasteiger partial charge in [0.1, 0.15) is 0 Å². The Bertz CT molecular complexity index is 2470. The lowest BCUT2D eigenvalue weighted by Gasteiger charge is -2.29. The van der Waals surface area contributed by atoms with Gasteiger partial charge in [0.25, 0.3) is 0 Å². The molecule has 0 saturated carbocycles. The highest BCUT2D eigenvalue weighted by molar-refractivity contribution is 6.21. The van der Waals surface area contributed by atoms with Crippen molar-refractivity contribution in [2.45, 2.75) is 12.8 Å². The third kappa shape index (κ3) is 4.90. The summed E-state index contributed by atoms with van der Waals surface area (Å²) in [6.07, 6.45) is 6.79. The number of anilines is 2. The molecule has 1 heterocycles. The van der Waals surface area contributed by atoms with Gasteiger partial charge in [0, 0.05) is 33.5 Å². The number of fused-ring (bicyclic) bond motifs is 5. The maximum absolute atomic E-state index is 2.41. The summed E-state index contributed by atoms with van der Waals surface area (Å²) < 4.78 is 2.41. The molecule has 228 valence electrons. The molecule has 9 rings (SSSR count). The second-order valence-corrected chi connectivity index (χ2v) is 12.5. The molecule has 0 saturated heterocycles. The van der Waals surface area contributed by atoms with Gasteiger partial charge in [-0.3, -0.25) is 0 Å². The lowest BCUT2D eigenvalue weighted by atomic mass is 9.95. The molecular weight excluding hydrogens is 581 g/mol. The number of benzene rings is 7. The first-order valence-corrected chi connectivity index (χ1v) is 16.7. The lowest BCUT2D eigenvalue weighted by molar-refractivity contribution is 1.01. The fourth-order valence-electron chi connectivity index (χ4n) is 7.37. The maximum atomic E-state index is 2.41. The first-order chi connectivity index (χ1) is 23.8. The minimum Gasteiger partial charge on any atom is -0.311 e. The Morgan fingerprint density at radius 3 is 1.81 bits per heavy atom. The number of hydrogen-bond acceptors (Lipinski definition) is 1. The Labute approximate surface area is 281 Å². The fraction of sp³-hybridized carbons (Fsp3) is 0.0435. The maximum Gasteiger partial charge on any atom is 0.0547 e. The first-order valence-electron chi connectivity index (χ1n) is 16.7. The average Bonchev–Trinajstić information content (AvgIpc) is 3.51. The van der Waals surface area contributed by atoms with Gasteiger partial charge < -0.3 is 9.47 Å². The van der Waals surface area contributed by atoms with E-state index in [0.29, 0.717) is 0 Å². The quantitative estimate of drug-likeness (QED) is 0.181. The van der Waals surface area contributed by atoms with E-state index in [9.17, 15) is 0 Å². The molecule has 0 bridgehead atoms. The topological polar surface area (TPSA) is 8.17 Å². The van der Waals surface area contributed by atoms with Crippen molar-refractivity contribution >= 4 is 49.5 Å². The van der Waals surface area contributed by atoms with Crippen molar-refractivity contribution < 1.29 is 0 Å². The molecule has 0 aliphatic heterocycles. The minimum atomic E-state index is 1.00. The van der Waals surface area contributed by atoms with Crippen molar-refractivity contribution in [1.29, 1.82) is 0 Å². The van der Waals surface area contributed by atoms with E-state index >= 15 is 0 Å². The van der Waals surface area contributed by atoms with Crippen LogP contribution >= 0.6 is 0 Å². The van der Waals surface area contributed by atoms with Crippen molar-refractivity contribution in [3.05, 3.63) is 193 Å². The van der Waals surface area contributed by atoms with Crippen molar-refractivity contribution in [2.75, 3.05) is 4.90 Å². The van der Waals surface area contributed by atoms with E-state index in [2.05, 4.69) is 191 Å². The summed E-state index contributed by atoms with van der Waals surface area (Å²) in [4.78, 5) is 2.40. The third-order valence-corrected chi connectivity index (χ3v) is 9.65. The molecule has 0 spiro atoms. The summed E-state index contributed by atoms with van der Waals surface area (Å²) in [6.45, 7) is 0. The normalized spacial score (nSPS) is 13.1. The van der Waals surface area contributed by atoms with Gasteiger partial charge in [0.05, 0.1) is 11.0 Å². The predicted octanol–water partition coefficient (Wildman–Crippen LogP) is 12.5. The largest absolute Gasteiger partial charge is 0.311 e. The molecule has 0 unspecified atom stereocenters. The van der Waals surface area contributed by atoms with Crippen molar-refractivity contribution in [3.8, 4) is 16.8 Å². The second kappa shape index (κ2) is 11.9. The van der Waals surface area contributed by atoms with Gasteiger partial charge in [0.15, 0.2) is 0 Å². The Hall–Kier alpha value is -6.12. The number of aromatic nitrogens is 1. The molecule has 0 amide bonds. The number of para-hydroxylation sites is 1. The Kier molecular flexibility index (Phi) is 6.98. The van der Waals surface area contributed by atoms with Gasteiger partial charge in [-0.15, -0.1) is 0 Å². The molecule has 7 aromatic carbocycles. The van der Waals surface area contributed by atoms with Crippen LogP contribution in [0.2, 0.25) is 0 Å². The summed E-state index contributed by atoms with van der Waals surface area (Å²) in [7, 11) is 0. The van der Waals surface area contributed by atoms with Crippen molar-refractivity contribution in [2.24, 2.45) is 0 Å². The van der Waals surface area contributed by atoms with E-state index < -0.39 is 0 Å². The highest BCUT2D eigenvalue weighted by atomic mass is 15.1. The average molecular weight is 615 g/mol. The number of allylic oxidation sites excluding steroid dienone is 3. The smallest absolute Gasteiger partial charge is 0.0547 e. The molecule has 0 fully saturated rings. The Morgan fingerprint density at radius 1 is 0.458 bits per heavy atom. The molecular formula is C46H34N2. The number of rotatable bonds is 6. The standard InChI is InChI=1S/C46H34N2/c1-3-12-33(13-4-1)35-22-25-38(26-23-35)47(41-18-11-17-37(32-41)34-14-5-2-6-15-34)39-27-29-40(30-28-39)48-44-21-10-9-20-43(44)46-42-19-8-7-16-36(42)24-31-45(46)48/h1-10,12-16,18-32H,11,17H2. The van der Waals surface area contributed by atoms with Crippen LogP contribution in [0.5, 0.6) is 0 Å². The van der Waals surface area contributed by atoms with Crippen LogP contribution in [-0.2, 0) is 0 Å². The zero-order valence-corrected chi connectivity index (χ0v) is 26.6. The van der Waals surface area contributed by atoms with Crippen molar-refractivity contribution in [1.82, 2.24) is 4.57 Å². The predicted molar refractivity (Wildman–Crippen MR) is 204 cm³/mol. The minimum absolute atomic E-state index is 1.00. The second-order valence-electron chi connectivity index (χ2n) is 12.5. The summed E-state index contributed by atoms with van der Waals surface area (Å²) in [5.41, 5.74) is 12.2. The molecule has 2 nitrogen and oxygen atoms in total. The molecule has 0 N–H and O–H groups in total. The molecule has 1 aliphatic carbocycles. The van der Waals surface area contributed by atoms with Gasteiger partial charge >= 0.3 is 0 Å². The van der Waals surface area contributed by atoms with Crippen LogP contribution < -0.4 is 4.90 Å². The third-order valence-electron chi connectivity index (χ3n) is 9.65. The Balaban J connectivity index is 1.17. The van der Waals surface area contributed by atoms with Gasteiger partial charge in [-0.05, 0) is 100 Å². The highest BCUT2D eigenvalue weighted by Gasteiger charge is 2.19. The lowest BCUT2D eigenvalue weighted by Crippen LogP contribution is -2.17. The summed E-state index contributed by atoms with van der Waals surface area (Å²) in [5, 5.41) is 5.14. The monoisotopic (exact) mass is 614 g/mol. The van der Waals surface area contributed by atoms with Crippen LogP contribution in [-0.4, -0.2) is 4.57 Å². The van der Waals surface area contributed by atoms with Gasteiger partial charge in [-0.2, -0.15) is 0 Å². The van der Waals surface area contributed by atoms with E-state index in [-0.39, 0.29) is 0 Å². The first kappa shape index (κ1) is 28.1. The van der Waals surface area contributed by atoms with Crippen LogP contribution in [0, 0.1) is 0 Å². The van der Waals surface area contributed by atoms with Crippen LogP contribution in [0.25, 0.3) is 55.0 Å². The van der Waals surface area contributed by atoms with Crippen molar-refractivity contribution in [3.63, 3.8) is 0 Å². The van der Waals surface area contributed by atoms with E-state index in [0.717, 1.165) is 29.9 Å². The van der Waals surface area contributed by atoms with Gasteiger partial charge in [-0.25, -0.2) is 0 Å². The van der Waals surface area contributed by atoms with E-state index in [1.54, 1.807) is 0 Å².